The second-order valence-corrected chi connectivity index (χ2v) is 4.60. The molecule has 1 heterocycles. The molecule has 1 unspecified atom stereocenters. The quantitative estimate of drug-likeness (QED) is 0.900. The summed E-state index contributed by atoms with van der Waals surface area (Å²) in [6, 6.07) is 8.57. The van der Waals surface area contributed by atoms with E-state index >= 15 is 0 Å². The number of hydrogen-bond acceptors (Lipinski definition) is 4. The van der Waals surface area contributed by atoms with Crippen LogP contribution in [0.15, 0.2) is 34.9 Å². The average molecular weight is 263 g/mol. The summed E-state index contributed by atoms with van der Waals surface area (Å²) in [5.41, 5.74) is 6.87. The molecule has 0 amide bonds. The number of halogens is 1. The number of rotatable bonds is 5. The summed E-state index contributed by atoms with van der Waals surface area (Å²) in [4.78, 5) is 2.00. The van der Waals surface area contributed by atoms with Gasteiger partial charge in [0.2, 0.25) is 0 Å². The summed E-state index contributed by atoms with van der Waals surface area (Å²) in [6.07, 6.45) is 0. The number of benzene rings is 1. The van der Waals surface area contributed by atoms with E-state index in [4.69, 9.17) is 10.3 Å². The predicted molar refractivity (Wildman–Crippen MR) is 70.7 cm³/mol. The molecule has 0 bridgehead atoms. The molecule has 2 N–H and O–H groups in total. The van der Waals surface area contributed by atoms with Crippen LogP contribution in [0, 0.1) is 5.82 Å². The highest BCUT2D eigenvalue weighted by molar-refractivity contribution is 5.20. The van der Waals surface area contributed by atoms with E-state index < -0.39 is 0 Å². The molecule has 1 aromatic carbocycles. The van der Waals surface area contributed by atoms with Gasteiger partial charge in [0.15, 0.2) is 5.76 Å². The van der Waals surface area contributed by atoms with Gasteiger partial charge in [0, 0.05) is 24.2 Å². The Kier molecular flexibility index (Phi) is 4.29. The van der Waals surface area contributed by atoms with Crippen molar-refractivity contribution in [3.05, 3.63) is 53.2 Å². The molecule has 5 heteroatoms. The molecule has 2 rings (SSSR count). The zero-order valence-electron chi connectivity index (χ0n) is 11.1. The van der Waals surface area contributed by atoms with Gasteiger partial charge in [-0.25, -0.2) is 4.39 Å². The first-order valence-electron chi connectivity index (χ1n) is 6.21. The van der Waals surface area contributed by atoms with Crippen LogP contribution in [0.3, 0.4) is 0 Å². The first-order chi connectivity index (χ1) is 9.11. The van der Waals surface area contributed by atoms with Crippen LogP contribution < -0.4 is 5.73 Å². The van der Waals surface area contributed by atoms with E-state index in [0.29, 0.717) is 18.7 Å². The highest BCUT2D eigenvalue weighted by atomic mass is 19.1. The third-order valence-corrected chi connectivity index (χ3v) is 3.24. The Labute approximate surface area is 112 Å². The van der Waals surface area contributed by atoms with Crippen molar-refractivity contribution in [3.63, 3.8) is 0 Å². The molecule has 1 atom stereocenters. The van der Waals surface area contributed by atoms with Crippen molar-refractivity contribution in [2.75, 3.05) is 7.05 Å². The maximum absolute atomic E-state index is 13.7. The Morgan fingerprint density at radius 2 is 2.16 bits per heavy atom. The predicted octanol–water partition coefficient (Wildman–Crippen LogP) is 2.47. The summed E-state index contributed by atoms with van der Waals surface area (Å²) < 4.78 is 18.9. The van der Waals surface area contributed by atoms with E-state index in [9.17, 15) is 4.39 Å². The highest BCUT2D eigenvalue weighted by Crippen LogP contribution is 2.23. The molecule has 4 nitrogen and oxygen atoms in total. The SMILES string of the molecule is CC(c1ccccc1F)N(C)Cc1cc(CN)no1. The van der Waals surface area contributed by atoms with Gasteiger partial charge in [-0.15, -0.1) is 0 Å². The maximum atomic E-state index is 13.7. The lowest BCUT2D eigenvalue weighted by Crippen LogP contribution is -2.22. The molecule has 19 heavy (non-hydrogen) atoms. The molecule has 0 aliphatic heterocycles. The van der Waals surface area contributed by atoms with Crippen molar-refractivity contribution in [1.29, 1.82) is 0 Å². The van der Waals surface area contributed by atoms with Gasteiger partial charge >= 0.3 is 0 Å². The standard InChI is InChI=1S/C14H18FN3O/c1-10(13-5-3-4-6-14(13)15)18(2)9-12-7-11(8-16)17-19-12/h3-7,10H,8-9,16H2,1-2H3. The molecule has 0 aliphatic rings. The lowest BCUT2D eigenvalue weighted by atomic mass is 10.1. The summed E-state index contributed by atoms with van der Waals surface area (Å²) in [5, 5.41) is 3.84. The average Bonchev–Trinajstić information content (AvgIpc) is 2.86. The molecular weight excluding hydrogens is 245 g/mol. The van der Waals surface area contributed by atoms with Crippen LogP contribution in [-0.2, 0) is 13.1 Å². The summed E-state index contributed by atoms with van der Waals surface area (Å²) in [5.74, 6) is 0.535. The molecule has 0 radical (unpaired) electrons. The Morgan fingerprint density at radius 1 is 1.42 bits per heavy atom. The van der Waals surface area contributed by atoms with Gasteiger partial charge < -0.3 is 10.3 Å². The molecule has 0 saturated carbocycles. The fourth-order valence-electron chi connectivity index (χ4n) is 1.96. The molecule has 0 saturated heterocycles. The molecule has 0 spiro atoms. The zero-order chi connectivity index (χ0) is 13.8. The maximum Gasteiger partial charge on any atom is 0.151 e. The van der Waals surface area contributed by atoms with Crippen molar-refractivity contribution in [3.8, 4) is 0 Å². The van der Waals surface area contributed by atoms with Crippen molar-refractivity contribution in [2.45, 2.75) is 26.1 Å². The van der Waals surface area contributed by atoms with Crippen LogP contribution in [0.25, 0.3) is 0 Å². The minimum absolute atomic E-state index is 0.0485. The number of aromatic nitrogens is 1. The van der Waals surface area contributed by atoms with E-state index in [1.807, 2.05) is 31.0 Å². The van der Waals surface area contributed by atoms with Gasteiger partial charge in [-0.05, 0) is 20.0 Å². The number of nitrogens with zero attached hydrogens (tertiary/aromatic N) is 2. The van der Waals surface area contributed by atoms with E-state index in [-0.39, 0.29) is 11.9 Å². The van der Waals surface area contributed by atoms with E-state index in [1.54, 1.807) is 12.1 Å². The fraction of sp³-hybridized carbons (Fsp3) is 0.357. The normalized spacial score (nSPS) is 12.9. The van der Waals surface area contributed by atoms with Crippen molar-refractivity contribution in [1.82, 2.24) is 10.1 Å². The van der Waals surface area contributed by atoms with Crippen LogP contribution in [0.4, 0.5) is 4.39 Å². The Morgan fingerprint density at radius 3 is 2.79 bits per heavy atom. The van der Waals surface area contributed by atoms with Gasteiger partial charge in [0.05, 0.1) is 12.2 Å². The largest absolute Gasteiger partial charge is 0.360 e. The molecule has 0 aliphatic carbocycles. The summed E-state index contributed by atoms with van der Waals surface area (Å²) in [6.45, 7) is 2.87. The van der Waals surface area contributed by atoms with Crippen molar-refractivity contribution >= 4 is 0 Å². The molecule has 1 aromatic heterocycles. The van der Waals surface area contributed by atoms with Crippen molar-refractivity contribution in [2.24, 2.45) is 5.73 Å². The Bertz CT molecular complexity index is 541. The lowest BCUT2D eigenvalue weighted by molar-refractivity contribution is 0.217. The second kappa shape index (κ2) is 5.95. The van der Waals surface area contributed by atoms with Crippen LogP contribution in [0.5, 0.6) is 0 Å². The van der Waals surface area contributed by atoms with Gasteiger partial charge in [-0.2, -0.15) is 0 Å². The molecule has 2 aromatic rings. The van der Waals surface area contributed by atoms with Gasteiger partial charge in [-0.1, -0.05) is 23.4 Å². The fourth-order valence-corrected chi connectivity index (χ4v) is 1.96. The minimum Gasteiger partial charge on any atom is -0.360 e. The topological polar surface area (TPSA) is 55.3 Å². The van der Waals surface area contributed by atoms with Crippen molar-refractivity contribution < 1.29 is 8.91 Å². The van der Waals surface area contributed by atoms with Crippen LogP contribution >= 0.6 is 0 Å². The number of hydrogen-bond donors (Lipinski definition) is 1. The molecule has 0 fully saturated rings. The third-order valence-electron chi connectivity index (χ3n) is 3.24. The van der Waals surface area contributed by atoms with E-state index in [0.717, 1.165) is 11.5 Å². The van der Waals surface area contributed by atoms with Crippen LogP contribution in [-0.4, -0.2) is 17.1 Å². The third kappa shape index (κ3) is 3.19. The summed E-state index contributed by atoms with van der Waals surface area (Å²) in [7, 11) is 1.92. The zero-order valence-corrected chi connectivity index (χ0v) is 11.1. The molecule has 102 valence electrons. The monoisotopic (exact) mass is 263 g/mol. The van der Waals surface area contributed by atoms with Crippen LogP contribution in [0.1, 0.15) is 30.0 Å². The minimum atomic E-state index is -0.193. The van der Waals surface area contributed by atoms with Crippen LogP contribution in [0.2, 0.25) is 0 Å². The van der Waals surface area contributed by atoms with Gasteiger partial charge in [-0.3, -0.25) is 4.90 Å². The Hall–Kier alpha value is -1.72. The lowest BCUT2D eigenvalue weighted by Gasteiger charge is -2.24. The van der Waals surface area contributed by atoms with Gasteiger partial charge in [0.25, 0.3) is 0 Å². The smallest absolute Gasteiger partial charge is 0.151 e. The van der Waals surface area contributed by atoms with E-state index in [2.05, 4.69) is 5.16 Å². The Balaban J connectivity index is 2.07. The first kappa shape index (κ1) is 13.7. The summed E-state index contributed by atoms with van der Waals surface area (Å²) >= 11 is 0. The highest BCUT2D eigenvalue weighted by Gasteiger charge is 2.17. The van der Waals surface area contributed by atoms with E-state index in [1.165, 1.54) is 6.07 Å². The van der Waals surface area contributed by atoms with Gasteiger partial charge in [0.1, 0.15) is 5.82 Å². The second-order valence-electron chi connectivity index (χ2n) is 4.60. The first-order valence-corrected chi connectivity index (χ1v) is 6.21. The number of nitrogens with two attached hydrogens (primary N) is 1. The molecular formula is C14H18FN3O.